The molecule has 2 unspecified atom stereocenters. The predicted octanol–water partition coefficient (Wildman–Crippen LogP) is 7.23. The number of carbonyl (C=O) groups is 1. The average Bonchev–Trinajstić information content (AvgIpc) is 3.64. The van der Waals surface area contributed by atoms with Crippen molar-refractivity contribution in [2.45, 2.75) is 95.0 Å². The minimum absolute atomic E-state index is 0.00266. The first-order valence-electron chi connectivity index (χ1n) is 15.4. The smallest absolute Gasteiger partial charge is 0.416 e. The van der Waals surface area contributed by atoms with Gasteiger partial charge < -0.3 is 19.9 Å². The van der Waals surface area contributed by atoms with E-state index in [1.165, 1.54) is 0 Å². The number of alkyl halides is 9. The number of fused-ring (bicyclic) bond motifs is 1. The van der Waals surface area contributed by atoms with Crippen LogP contribution in [0.25, 0.3) is 0 Å². The number of hydrogen-bond donors (Lipinski definition) is 1. The Kier molecular flexibility index (Phi) is 9.68. The molecule has 3 aromatic rings. The highest BCUT2D eigenvalue weighted by Crippen LogP contribution is 2.47. The second-order valence-electron chi connectivity index (χ2n) is 12.5. The van der Waals surface area contributed by atoms with Gasteiger partial charge in [-0.1, -0.05) is 6.92 Å². The Labute approximate surface area is 279 Å². The van der Waals surface area contributed by atoms with Gasteiger partial charge in [0.1, 0.15) is 17.8 Å². The number of carbonyl (C=O) groups excluding carboxylic acids is 1. The molecule has 274 valence electrons. The van der Waals surface area contributed by atoms with Gasteiger partial charge in [0.05, 0.1) is 41.5 Å². The van der Waals surface area contributed by atoms with Gasteiger partial charge in [-0.05, 0) is 92.8 Å². The molecular weight excluding hydrogens is 691 g/mol. The van der Waals surface area contributed by atoms with E-state index in [1.807, 2.05) is 0 Å². The van der Waals surface area contributed by atoms with Gasteiger partial charge in [-0.3, -0.25) is 4.90 Å². The van der Waals surface area contributed by atoms with Crippen LogP contribution in [0.2, 0.25) is 0 Å². The van der Waals surface area contributed by atoms with Crippen molar-refractivity contribution in [2.75, 3.05) is 18.1 Å². The van der Waals surface area contributed by atoms with E-state index in [0.29, 0.717) is 12.1 Å². The summed E-state index contributed by atoms with van der Waals surface area (Å²) in [5.41, 5.74) is 0.688. The van der Waals surface area contributed by atoms with Crippen molar-refractivity contribution in [3.05, 3.63) is 70.0 Å². The molecule has 2 N–H and O–H groups in total. The number of nitrogens with zero attached hydrogens (tertiary/aromatic N) is 5. The highest BCUT2D eigenvalue weighted by atomic mass is 19.4. The summed E-state index contributed by atoms with van der Waals surface area (Å²) in [4.78, 5) is 15.1. The number of nitrogens with two attached hydrogens (primary N) is 1. The van der Waals surface area contributed by atoms with E-state index in [9.17, 15) is 44.3 Å². The van der Waals surface area contributed by atoms with E-state index in [0.717, 1.165) is 27.9 Å². The third kappa shape index (κ3) is 7.53. The summed E-state index contributed by atoms with van der Waals surface area (Å²) in [6, 6.07) is 2.66. The molecule has 1 fully saturated rings. The normalized spacial score (nSPS) is 23.1. The third-order valence-corrected chi connectivity index (χ3v) is 8.64. The predicted molar refractivity (Wildman–Crippen MR) is 157 cm³/mol. The number of halogens is 9. The molecule has 0 saturated carbocycles. The van der Waals surface area contributed by atoms with Crippen LogP contribution < -0.4 is 10.6 Å². The molecule has 19 heteroatoms. The van der Waals surface area contributed by atoms with Crippen molar-refractivity contribution >= 4 is 11.8 Å². The highest BCUT2D eigenvalue weighted by molar-refractivity contribution is 5.91. The molecule has 2 aliphatic heterocycles. The molecule has 5 rings (SSSR count). The lowest BCUT2D eigenvalue weighted by Crippen LogP contribution is -2.61. The molecular formula is C31H33F9N6O4. The third-order valence-electron chi connectivity index (χ3n) is 8.64. The van der Waals surface area contributed by atoms with Gasteiger partial charge in [0.2, 0.25) is 0 Å². The molecule has 1 amide bonds. The van der Waals surface area contributed by atoms with E-state index in [2.05, 4.69) is 15.4 Å². The minimum atomic E-state index is -5.10. The van der Waals surface area contributed by atoms with Crippen LogP contribution in [0.4, 0.5) is 50.0 Å². The van der Waals surface area contributed by atoms with Crippen LogP contribution in [0.1, 0.15) is 86.1 Å². The Morgan fingerprint density at radius 2 is 1.60 bits per heavy atom. The molecule has 0 aliphatic carbocycles. The van der Waals surface area contributed by atoms with Gasteiger partial charge >= 0.3 is 24.6 Å². The number of tetrazole rings is 1. The summed E-state index contributed by atoms with van der Waals surface area (Å²) in [5.74, 6) is -2.45. The summed E-state index contributed by atoms with van der Waals surface area (Å²) >= 11 is 0. The van der Waals surface area contributed by atoms with Crippen LogP contribution in [0.5, 0.6) is 0 Å². The van der Waals surface area contributed by atoms with Crippen molar-refractivity contribution in [1.29, 1.82) is 0 Å². The monoisotopic (exact) mass is 724 g/mol. The minimum Gasteiger partial charge on any atom is -0.449 e. The molecule has 1 aromatic heterocycles. The second-order valence-corrected chi connectivity index (χ2v) is 12.5. The van der Waals surface area contributed by atoms with Gasteiger partial charge in [0, 0.05) is 0 Å². The molecule has 0 bridgehead atoms. The molecule has 3 heterocycles. The van der Waals surface area contributed by atoms with Crippen molar-refractivity contribution < 1.29 is 58.5 Å². The molecule has 2 aromatic carbocycles. The summed E-state index contributed by atoms with van der Waals surface area (Å²) in [6.45, 7) is 6.10. The van der Waals surface area contributed by atoms with Crippen molar-refractivity contribution in [2.24, 2.45) is 5.73 Å². The first-order chi connectivity index (χ1) is 23.1. The van der Waals surface area contributed by atoms with E-state index in [-0.39, 0.29) is 54.8 Å². The van der Waals surface area contributed by atoms with Crippen LogP contribution in [-0.2, 0) is 39.2 Å². The van der Waals surface area contributed by atoms with Gasteiger partial charge in [-0.2, -0.15) is 44.3 Å². The maximum Gasteiger partial charge on any atom is 0.416 e. The maximum atomic E-state index is 13.9. The van der Waals surface area contributed by atoms with Crippen LogP contribution in [0.15, 0.2) is 36.4 Å². The molecule has 0 spiro atoms. The zero-order chi connectivity index (χ0) is 37.0. The maximum absolute atomic E-state index is 13.9. The van der Waals surface area contributed by atoms with E-state index in [1.54, 1.807) is 27.7 Å². The van der Waals surface area contributed by atoms with Crippen molar-refractivity contribution in [1.82, 2.24) is 20.2 Å². The van der Waals surface area contributed by atoms with E-state index < -0.39 is 77.2 Å². The molecule has 2 aliphatic rings. The first kappa shape index (κ1) is 37.3. The lowest BCUT2D eigenvalue weighted by Gasteiger charge is -2.46. The summed E-state index contributed by atoms with van der Waals surface area (Å²) < 4.78 is 140. The Bertz CT molecular complexity index is 1690. The first-order valence-corrected chi connectivity index (χ1v) is 15.4. The largest absolute Gasteiger partial charge is 0.449 e. The summed E-state index contributed by atoms with van der Waals surface area (Å²) in [7, 11) is 0. The van der Waals surface area contributed by atoms with E-state index in [4.69, 9.17) is 19.9 Å². The average molecular weight is 725 g/mol. The zero-order valence-electron chi connectivity index (χ0n) is 27.1. The fraction of sp³-hybridized carbons (Fsp3) is 0.548. The molecule has 10 nitrogen and oxygen atoms in total. The Morgan fingerprint density at radius 1 is 0.980 bits per heavy atom. The van der Waals surface area contributed by atoms with Crippen LogP contribution >= 0.6 is 0 Å². The second kappa shape index (κ2) is 13.0. The zero-order valence-corrected chi connectivity index (χ0v) is 27.1. The molecule has 0 radical (unpaired) electrons. The molecule has 50 heavy (non-hydrogen) atoms. The fourth-order valence-corrected chi connectivity index (χ4v) is 6.17. The number of rotatable bonds is 7. The van der Waals surface area contributed by atoms with Gasteiger partial charge in [-0.25, -0.2) is 4.79 Å². The quantitative estimate of drug-likeness (QED) is 0.254. The topological polar surface area (TPSA) is 118 Å². The molecule has 4 atom stereocenters. The van der Waals surface area contributed by atoms with Crippen LogP contribution in [0, 0.1) is 0 Å². The van der Waals surface area contributed by atoms with Crippen molar-refractivity contribution in [3.8, 4) is 0 Å². The Hall–Kier alpha value is -3.97. The lowest BCUT2D eigenvalue weighted by atomic mass is 9.80. The number of benzene rings is 2. The Balaban J connectivity index is 1.62. The summed E-state index contributed by atoms with van der Waals surface area (Å²) in [6.07, 6.45) is -17.5. The van der Waals surface area contributed by atoms with Gasteiger partial charge in [0.15, 0.2) is 11.6 Å². The highest BCUT2D eigenvalue weighted by Gasteiger charge is 2.48. The number of amides is 1. The van der Waals surface area contributed by atoms with Gasteiger partial charge in [-0.15, -0.1) is 10.2 Å². The van der Waals surface area contributed by atoms with Crippen molar-refractivity contribution in [3.63, 3.8) is 0 Å². The summed E-state index contributed by atoms with van der Waals surface area (Å²) in [5, 5.41) is 12.5. The number of aromatic nitrogens is 4. The Morgan fingerprint density at radius 3 is 2.12 bits per heavy atom. The number of hydrogen-bond acceptors (Lipinski definition) is 8. The van der Waals surface area contributed by atoms with Gasteiger partial charge in [0.25, 0.3) is 0 Å². The number of anilines is 1. The molecule has 1 saturated heterocycles. The standard InChI is InChI=1S/C31H33F9N6O4/c1-5-28(41)14-21(20-13-17(29(32,33)34)7-8-22(20)45(28)26(47)48-6-2)25-42-44-46(43-25)23(24-15-49-27(3,4)50-24)11-16-9-18(30(35,36)37)12-19(10-16)31(38,39)40/h7-10,12-13,21,23-24H,5-6,11,14-15,41H2,1-4H3/t21-,23?,24?,28+/m0/s1. The SMILES string of the molecule is CCOC(=O)N1c2ccc(C(F)(F)F)cc2[C@@H](c2nnn(C(Cc3cc(C(F)(F)F)cc(C(F)(F)F)c3)C3COC(C)(C)O3)n2)C[C@@]1(N)CC. The van der Waals surface area contributed by atoms with Crippen LogP contribution in [0.3, 0.4) is 0 Å². The number of ether oxygens (including phenoxy) is 3. The fourth-order valence-electron chi connectivity index (χ4n) is 6.17. The lowest BCUT2D eigenvalue weighted by molar-refractivity contribution is -0.144. The van der Waals surface area contributed by atoms with E-state index >= 15 is 0 Å². The van der Waals surface area contributed by atoms with Crippen LogP contribution in [-0.4, -0.2) is 57.1 Å².